The van der Waals surface area contributed by atoms with E-state index in [9.17, 15) is 0 Å². The van der Waals surface area contributed by atoms with Crippen molar-refractivity contribution in [3.05, 3.63) is 40.9 Å². The van der Waals surface area contributed by atoms with E-state index < -0.39 is 0 Å². The van der Waals surface area contributed by atoms with Crippen molar-refractivity contribution in [2.75, 3.05) is 12.3 Å². The van der Waals surface area contributed by atoms with Gasteiger partial charge in [0.1, 0.15) is 12.4 Å². The van der Waals surface area contributed by atoms with Crippen LogP contribution in [0.15, 0.2) is 30.5 Å². The summed E-state index contributed by atoms with van der Waals surface area (Å²) >= 11 is 1.42. The maximum atomic E-state index is 8.95. The van der Waals surface area contributed by atoms with Crippen LogP contribution in [0.1, 0.15) is 10.4 Å². The van der Waals surface area contributed by atoms with Gasteiger partial charge in [-0.3, -0.25) is 0 Å². The molecule has 0 saturated carbocycles. The van der Waals surface area contributed by atoms with Gasteiger partial charge in [-0.15, -0.1) is 0 Å². The van der Waals surface area contributed by atoms with Crippen LogP contribution in [0, 0.1) is 0 Å². The first-order valence-corrected chi connectivity index (χ1v) is 6.13. The van der Waals surface area contributed by atoms with Crippen molar-refractivity contribution in [2.45, 2.75) is 13.0 Å². The van der Waals surface area contributed by atoms with Crippen LogP contribution in [0.3, 0.4) is 0 Å². The molecule has 5 heteroatoms. The number of nitrogens with two attached hydrogens (primary N) is 1. The fraction of sp³-hybridized carbons (Fsp3) is 0.250. The number of aromatic nitrogens is 1. The number of thiazole rings is 1. The largest absolute Gasteiger partial charge is 0.488 e. The number of benzene rings is 1. The molecule has 1 aromatic heterocycles. The Morgan fingerprint density at radius 3 is 2.88 bits per heavy atom. The zero-order valence-corrected chi connectivity index (χ0v) is 10.1. The van der Waals surface area contributed by atoms with Crippen LogP contribution in [0.25, 0.3) is 0 Å². The van der Waals surface area contributed by atoms with E-state index in [0.717, 1.165) is 16.2 Å². The molecule has 0 aliphatic heterocycles. The zero-order valence-electron chi connectivity index (χ0n) is 9.30. The van der Waals surface area contributed by atoms with Crippen LogP contribution in [0.5, 0.6) is 5.75 Å². The minimum atomic E-state index is 0.119. The summed E-state index contributed by atoms with van der Waals surface area (Å²) in [6.45, 7) is 0.575. The quantitative estimate of drug-likeness (QED) is 0.849. The SMILES string of the molecule is Nc1ncc(COc2ccccc2CCO)s1. The van der Waals surface area contributed by atoms with Gasteiger partial charge >= 0.3 is 0 Å². The highest BCUT2D eigenvalue weighted by Crippen LogP contribution is 2.21. The topological polar surface area (TPSA) is 68.4 Å². The summed E-state index contributed by atoms with van der Waals surface area (Å²) in [6.07, 6.45) is 2.32. The maximum absolute atomic E-state index is 8.95. The summed E-state index contributed by atoms with van der Waals surface area (Å²) < 4.78 is 5.69. The maximum Gasteiger partial charge on any atom is 0.180 e. The van der Waals surface area contributed by atoms with Gasteiger partial charge in [-0.2, -0.15) is 0 Å². The smallest absolute Gasteiger partial charge is 0.180 e. The third-order valence-electron chi connectivity index (χ3n) is 2.30. The van der Waals surface area contributed by atoms with Crippen LogP contribution in [-0.2, 0) is 13.0 Å². The van der Waals surface area contributed by atoms with Gasteiger partial charge in [0.2, 0.25) is 0 Å². The second-order valence-electron chi connectivity index (χ2n) is 3.53. The van der Waals surface area contributed by atoms with E-state index in [2.05, 4.69) is 4.98 Å². The molecule has 17 heavy (non-hydrogen) atoms. The summed E-state index contributed by atoms with van der Waals surface area (Å²) in [5, 5.41) is 9.50. The van der Waals surface area contributed by atoms with Crippen molar-refractivity contribution in [2.24, 2.45) is 0 Å². The number of ether oxygens (including phenoxy) is 1. The first-order chi connectivity index (χ1) is 8.29. The predicted octanol–water partition coefficient (Wildman–Crippen LogP) is 1.84. The van der Waals surface area contributed by atoms with Crippen molar-refractivity contribution in [1.82, 2.24) is 4.98 Å². The normalized spacial score (nSPS) is 10.4. The average Bonchev–Trinajstić information content (AvgIpc) is 2.74. The molecule has 0 aliphatic rings. The third-order valence-corrected chi connectivity index (χ3v) is 3.10. The predicted molar refractivity (Wildman–Crippen MR) is 68.1 cm³/mol. The van der Waals surface area contributed by atoms with Gasteiger partial charge in [0.25, 0.3) is 0 Å². The molecule has 0 radical (unpaired) electrons. The van der Waals surface area contributed by atoms with Gasteiger partial charge in [-0.05, 0) is 18.1 Å². The van der Waals surface area contributed by atoms with E-state index in [1.807, 2.05) is 24.3 Å². The molecule has 0 amide bonds. The van der Waals surface area contributed by atoms with E-state index in [4.69, 9.17) is 15.6 Å². The summed E-state index contributed by atoms with van der Waals surface area (Å²) in [4.78, 5) is 4.95. The molecule has 0 aliphatic carbocycles. The van der Waals surface area contributed by atoms with Crippen molar-refractivity contribution in [1.29, 1.82) is 0 Å². The van der Waals surface area contributed by atoms with E-state index >= 15 is 0 Å². The Morgan fingerprint density at radius 1 is 1.35 bits per heavy atom. The van der Waals surface area contributed by atoms with Gasteiger partial charge in [-0.25, -0.2) is 4.98 Å². The Bertz CT molecular complexity index is 485. The lowest BCUT2D eigenvalue weighted by atomic mass is 10.1. The minimum absolute atomic E-state index is 0.119. The van der Waals surface area contributed by atoms with Gasteiger partial charge in [0.15, 0.2) is 5.13 Å². The molecule has 2 aromatic rings. The van der Waals surface area contributed by atoms with Gasteiger partial charge in [-0.1, -0.05) is 29.5 Å². The number of rotatable bonds is 5. The lowest BCUT2D eigenvalue weighted by Gasteiger charge is -2.09. The molecule has 0 unspecified atom stereocenters. The Balaban J connectivity index is 2.03. The average molecular weight is 250 g/mol. The number of para-hydroxylation sites is 1. The number of hydrogen-bond donors (Lipinski definition) is 2. The summed E-state index contributed by atoms with van der Waals surface area (Å²) in [5.74, 6) is 0.800. The molecule has 0 fully saturated rings. The van der Waals surface area contributed by atoms with E-state index in [0.29, 0.717) is 18.2 Å². The van der Waals surface area contributed by atoms with Crippen LogP contribution < -0.4 is 10.5 Å². The van der Waals surface area contributed by atoms with Crippen LogP contribution in [0.4, 0.5) is 5.13 Å². The van der Waals surface area contributed by atoms with Crippen LogP contribution >= 0.6 is 11.3 Å². The molecule has 3 N–H and O–H groups in total. The Kier molecular flexibility index (Phi) is 3.95. The molecule has 0 bridgehead atoms. The highest BCUT2D eigenvalue weighted by atomic mass is 32.1. The molecule has 0 saturated heterocycles. The van der Waals surface area contributed by atoms with E-state index in [1.165, 1.54) is 11.3 Å². The molecule has 2 rings (SSSR count). The molecule has 0 atom stereocenters. The van der Waals surface area contributed by atoms with Crippen molar-refractivity contribution in [3.63, 3.8) is 0 Å². The number of hydrogen-bond acceptors (Lipinski definition) is 5. The van der Waals surface area contributed by atoms with Crippen LogP contribution in [-0.4, -0.2) is 16.7 Å². The van der Waals surface area contributed by atoms with Gasteiger partial charge in [0.05, 0.1) is 4.88 Å². The Hall–Kier alpha value is -1.59. The standard InChI is InChI=1S/C12H14N2O2S/c13-12-14-7-10(17-12)8-16-11-4-2-1-3-9(11)5-6-15/h1-4,7,15H,5-6,8H2,(H2,13,14). The van der Waals surface area contributed by atoms with Gasteiger partial charge in [0, 0.05) is 12.8 Å². The van der Waals surface area contributed by atoms with Crippen molar-refractivity contribution < 1.29 is 9.84 Å². The first-order valence-electron chi connectivity index (χ1n) is 5.31. The lowest BCUT2D eigenvalue weighted by molar-refractivity contribution is 0.285. The van der Waals surface area contributed by atoms with Gasteiger partial charge < -0.3 is 15.6 Å². The monoisotopic (exact) mass is 250 g/mol. The molecule has 1 aromatic carbocycles. The number of anilines is 1. The lowest BCUT2D eigenvalue weighted by Crippen LogP contribution is -1.99. The molecule has 0 spiro atoms. The second kappa shape index (κ2) is 5.65. The third kappa shape index (κ3) is 3.18. The Morgan fingerprint density at radius 2 is 2.18 bits per heavy atom. The molecule has 1 heterocycles. The minimum Gasteiger partial charge on any atom is -0.488 e. The highest BCUT2D eigenvalue weighted by molar-refractivity contribution is 7.15. The molecule has 4 nitrogen and oxygen atoms in total. The van der Waals surface area contributed by atoms with Crippen LogP contribution in [0.2, 0.25) is 0 Å². The Labute approximate surface area is 104 Å². The number of aliphatic hydroxyl groups excluding tert-OH is 1. The second-order valence-corrected chi connectivity index (χ2v) is 4.68. The first kappa shape index (κ1) is 11.9. The summed E-state index contributed by atoms with van der Waals surface area (Å²) in [7, 11) is 0. The molecule has 90 valence electrons. The highest BCUT2D eigenvalue weighted by Gasteiger charge is 2.04. The number of nitrogens with zero attached hydrogens (tertiary/aromatic N) is 1. The van der Waals surface area contributed by atoms with Crippen molar-refractivity contribution >= 4 is 16.5 Å². The van der Waals surface area contributed by atoms with E-state index in [-0.39, 0.29) is 6.61 Å². The number of aliphatic hydroxyl groups is 1. The van der Waals surface area contributed by atoms with E-state index in [1.54, 1.807) is 6.20 Å². The van der Waals surface area contributed by atoms with Crippen molar-refractivity contribution in [3.8, 4) is 5.75 Å². The fourth-order valence-corrected chi connectivity index (χ4v) is 2.11. The summed E-state index contributed by atoms with van der Waals surface area (Å²) in [6, 6.07) is 7.70. The fourth-order valence-electron chi connectivity index (χ4n) is 1.51. The molecular weight excluding hydrogens is 236 g/mol. The zero-order chi connectivity index (χ0) is 12.1. The molecular formula is C12H14N2O2S. The summed E-state index contributed by atoms with van der Waals surface area (Å²) in [5.41, 5.74) is 6.55. The number of nitrogen functional groups attached to an aromatic ring is 1.